The lowest BCUT2D eigenvalue weighted by atomic mass is 9.98. The molecule has 4 rings (SSSR count). The molecule has 34 heavy (non-hydrogen) atoms. The van der Waals surface area contributed by atoms with Crippen LogP contribution in [-0.4, -0.2) is 55.3 Å². The van der Waals surface area contributed by atoms with E-state index in [1.807, 2.05) is 36.4 Å². The predicted molar refractivity (Wildman–Crippen MR) is 121 cm³/mol. The lowest BCUT2D eigenvalue weighted by Gasteiger charge is -2.15. The van der Waals surface area contributed by atoms with Crippen LogP contribution in [0.2, 0.25) is 0 Å². The first kappa shape index (κ1) is 23.3. The zero-order chi connectivity index (χ0) is 24.2. The third-order valence-electron chi connectivity index (χ3n) is 6.32. The summed E-state index contributed by atoms with van der Waals surface area (Å²) in [5, 5.41) is 14.2. The van der Waals surface area contributed by atoms with Gasteiger partial charge in [-0.2, -0.15) is 0 Å². The van der Waals surface area contributed by atoms with Crippen LogP contribution in [0.25, 0.3) is 11.1 Å². The summed E-state index contributed by atoms with van der Waals surface area (Å²) in [7, 11) is 1.15. The van der Waals surface area contributed by atoms with Crippen molar-refractivity contribution < 1.29 is 33.8 Å². The Morgan fingerprint density at radius 3 is 2.24 bits per heavy atom. The van der Waals surface area contributed by atoms with Crippen LogP contribution in [-0.2, 0) is 23.9 Å². The van der Waals surface area contributed by atoms with Gasteiger partial charge in [-0.05, 0) is 34.6 Å². The summed E-state index contributed by atoms with van der Waals surface area (Å²) >= 11 is 0. The first-order valence-electron chi connectivity index (χ1n) is 11.1. The standard InChI is InChI=1S/C25H26N2O7/c1-33-22(28)11-21(24(30)31)27-23(29)19-10-14(19)12-26-25(32)34-13-20-17-8-4-2-6-15(17)16-7-3-5-9-18(16)20/h2-9,14,19-21H,10-13H2,1H3,(H,26,32)(H,27,29)(H,30,31)/t14-,19-,21+/m1/s1. The van der Waals surface area contributed by atoms with Gasteiger partial charge in [-0.25, -0.2) is 9.59 Å². The van der Waals surface area contributed by atoms with Gasteiger partial charge < -0.3 is 25.2 Å². The van der Waals surface area contributed by atoms with Crippen LogP contribution in [0, 0.1) is 11.8 Å². The fourth-order valence-electron chi connectivity index (χ4n) is 4.39. The minimum absolute atomic E-state index is 0.0413. The average molecular weight is 466 g/mol. The highest BCUT2D eigenvalue weighted by atomic mass is 16.5. The van der Waals surface area contributed by atoms with E-state index in [1.54, 1.807) is 0 Å². The summed E-state index contributed by atoms with van der Waals surface area (Å²) in [6, 6.07) is 14.8. The van der Waals surface area contributed by atoms with Gasteiger partial charge in [0.05, 0.1) is 13.5 Å². The molecule has 1 fully saturated rings. The van der Waals surface area contributed by atoms with Crippen LogP contribution in [0.5, 0.6) is 0 Å². The number of carboxylic acids is 1. The largest absolute Gasteiger partial charge is 0.480 e. The molecular formula is C25H26N2O7. The van der Waals surface area contributed by atoms with Gasteiger partial charge in [0, 0.05) is 18.4 Å². The number of aliphatic carboxylic acids is 1. The highest BCUT2D eigenvalue weighted by molar-refractivity contribution is 5.89. The summed E-state index contributed by atoms with van der Waals surface area (Å²) < 4.78 is 9.94. The molecule has 0 bridgehead atoms. The fourth-order valence-corrected chi connectivity index (χ4v) is 4.39. The molecule has 178 valence electrons. The van der Waals surface area contributed by atoms with Gasteiger partial charge in [0.2, 0.25) is 5.91 Å². The maximum Gasteiger partial charge on any atom is 0.407 e. The summed E-state index contributed by atoms with van der Waals surface area (Å²) in [5.41, 5.74) is 4.53. The first-order valence-corrected chi connectivity index (χ1v) is 11.1. The minimum Gasteiger partial charge on any atom is -0.480 e. The summed E-state index contributed by atoms with van der Waals surface area (Å²) in [6.45, 7) is 0.436. The number of ether oxygens (including phenoxy) is 2. The maximum absolute atomic E-state index is 12.3. The molecule has 2 aromatic rings. The number of carboxylic acid groups (broad SMARTS) is 1. The van der Waals surface area contributed by atoms with E-state index in [0.29, 0.717) is 6.42 Å². The Balaban J connectivity index is 1.24. The molecule has 3 N–H and O–H groups in total. The van der Waals surface area contributed by atoms with Gasteiger partial charge in [-0.3, -0.25) is 9.59 Å². The number of methoxy groups -OCH3 is 1. The average Bonchev–Trinajstić information content (AvgIpc) is 3.56. The van der Waals surface area contributed by atoms with E-state index >= 15 is 0 Å². The quantitative estimate of drug-likeness (QED) is 0.483. The van der Waals surface area contributed by atoms with Gasteiger partial charge in [-0.1, -0.05) is 48.5 Å². The van der Waals surface area contributed by atoms with Crippen molar-refractivity contribution in [1.82, 2.24) is 10.6 Å². The third kappa shape index (κ3) is 5.03. The van der Waals surface area contributed by atoms with Crippen molar-refractivity contribution in [3.8, 4) is 11.1 Å². The molecular weight excluding hydrogens is 440 g/mol. The van der Waals surface area contributed by atoms with E-state index in [9.17, 15) is 24.3 Å². The van der Waals surface area contributed by atoms with Crippen LogP contribution < -0.4 is 10.6 Å². The van der Waals surface area contributed by atoms with E-state index in [-0.39, 0.29) is 25.0 Å². The smallest absolute Gasteiger partial charge is 0.407 e. The molecule has 9 nitrogen and oxygen atoms in total. The van der Waals surface area contributed by atoms with Crippen LogP contribution >= 0.6 is 0 Å². The molecule has 0 spiro atoms. The molecule has 0 aliphatic heterocycles. The Kier molecular flexibility index (Phi) is 6.81. The Labute approximate surface area is 196 Å². The van der Waals surface area contributed by atoms with Crippen molar-refractivity contribution in [2.75, 3.05) is 20.3 Å². The van der Waals surface area contributed by atoms with Crippen molar-refractivity contribution in [1.29, 1.82) is 0 Å². The highest BCUT2D eigenvalue weighted by Crippen LogP contribution is 2.44. The van der Waals surface area contributed by atoms with Crippen molar-refractivity contribution in [2.45, 2.75) is 24.8 Å². The first-order chi connectivity index (χ1) is 16.4. The SMILES string of the molecule is COC(=O)C[C@H](NC(=O)[C@@H]1C[C@@H]1CNC(=O)OCC1c2ccccc2-c2ccccc21)C(=O)O. The monoisotopic (exact) mass is 466 g/mol. The Morgan fingerprint density at radius 2 is 1.65 bits per heavy atom. The van der Waals surface area contributed by atoms with Crippen molar-refractivity contribution in [3.63, 3.8) is 0 Å². The van der Waals surface area contributed by atoms with E-state index in [4.69, 9.17) is 4.74 Å². The van der Waals surface area contributed by atoms with Crippen LogP contribution in [0.1, 0.15) is 29.9 Å². The fraction of sp³-hybridized carbons (Fsp3) is 0.360. The Hall–Kier alpha value is -3.88. The number of alkyl carbamates (subject to hydrolysis) is 1. The highest BCUT2D eigenvalue weighted by Gasteiger charge is 2.44. The second-order valence-corrected chi connectivity index (χ2v) is 8.49. The normalized spacial score (nSPS) is 18.7. The number of amides is 2. The molecule has 2 aliphatic carbocycles. The summed E-state index contributed by atoms with van der Waals surface area (Å²) in [6.07, 6.45) is -0.505. The molecule has 0 aromatic heterocycles. The number of fused-ring (bicyclic) bond motifs is 3. The second-order valence-electron chi connectivity index (χ2n) is 8.49. The van der Waals surface area contributed by atoms with Crippen molar-refractivity contribution in [3.05, 3.63) is 59.7 Å². The molecule has 0 heterocycles. The number of hydrogen-bond donors (Lipinski definition) is 3. The molecule has 0 unspecified atom stereocenters. The van der Waals surface area contributed by atoms with E-state index < -0.39 is 42.3 Å². The third-order valence-corrected chi connectivity index (χ3v) is 6.32. The van der Waals surface area contributed by atoms with Gasteiger partial charge in [0.25, 0.3) is 0 Å². The zero-order valence-electron chi connectivity index (χ0n) is 18.7. The molecule has 9 heteroatoms. The predicted octanol–water partition coefficient (Wildman–Crippen LogP) is 2.29. The molecule has 2 aromatic carbocycles. The van der Waals surface area contributed by atoms with Crippen LogP contribution in [0.15, 0.2) is 48.5 Å². The number of hydrogen-bond acceptors (Lipinski definition) is 6. The van der Waals surface area contributed by atoms with Gasteiger partial charge in [-0.15, -0.1) is 0 Å². The molecule has 3 atom stereocenters. The van der Waals surface area contributed by atoms with Crippen molar-refractivity contribution in [2.24, 2.45) is 11.8 Å². The Bertz CT molecular complexity index is 1070. The van der Waals surface area contributed by atoms with E-state index in [0.717, 1.165) is 29.4 Å². The number of carbonyl (C=O) groups is 4. The van der Waals surface area contributed by atoms with Crippen molar-refractivity contribution >= 4 is 23.9 Å². The number of rotatable bonds is 9. The molecule has 0 radical (unpaired) electrons. The lowest BCUT2D eigenvalue weighted by Crippen LogP contribution is -2.43. The topological polar surface area (TPSA) is 131 Å². The van der Waals surface area contributed by atoms with Gasteiger partial charge in [0.1, 0.15) is 12.6 Å². The second kappa shape index (κ2) is 9.94. The summed E-state index contributed by atoms with van der Waals surface area (Å²) in [5.74, 6) is -3.08. The number of nitrogens with one attached hydrogen (secondary N) is 2. The summed E-state index contributed by atoms with van der Waals surface area (Å²) in [4.78, 5) is 47.2. The molecule has 0 saturated heterocycles. The van der Waals surface area contributed by atoms with Gasteiger partial charge in [0.15, 0.2) is 0 Å². The molecule has 2 aliphatic rings. The van der Waals surface area contributed by atoms with Crippen LogP contribution in [0.4, 0.5) is 4.79 Å². The molecule has 2 amide bonds. The number of benzene rings is 2. The maximum atomic E-state index is 12.3. The van der Waals surface area contributed by atoms with E-state index in [1.165, 1.54) is 0 Å². The Morgan fingerprint density at radius 1 is 1.03 bits per heavy atom. The molecule has 1 saturated carbocycles. The van der Waals surface area contributed by atoms with Gasteiger partial charge >= 0.3 is 18.0 Å². The number of esters is 1. The van der Waals surface area contributed by atoms with E-state index in [2.05, 4.69) is 27.5 Å². The lowest BCUT2D eigenvalue weighted by molar-refractivity contribution is -0.148. The number of carbonyl (C=O) groups excluding carboxylic acids is 3. The van der Waals surface area contributed by atoms with Crippen LogP contribution in [0.3, 0.4) is 0 Å². The minimum atomic E-state index is -1.35. The zero-order valence-corrected chi connectivity index (χ0v) is 18.7.